The standard InChI is InChI=1S/C6H14N2O2/c7-4-2-1-3-5(8)6(9)10/h5H,1-4,7-8H2,(H,9,10)/t5-/m0/s1/i1D2,2D2,3D,4D/t3-,4+,5-. The number of carbonyl (C=O) groups is 1. The quantitative estimate of drug-likeness (QED) is 0.496. The molecule has 0 aromatic heterocycles. The van der Waals surface area contributed by atoms with Gasteiger partial charge in [-0.3, -0.25) is 4.79 Å². The Morgan fingerprint density at radius 3 is 2.70 bits per heavy atom. The molecule has 4 heteroatoms. The zero-order valence-corrected chi connectivity index (χ0v) is 5.24. The minimum Gasteiger partial charge on any atom is -0.480 e. The zero-order chi connectivity index (χ0) is 13.3. The van der Waals surface area contributed by atoms with E-state index in [0.29, 0.717) is 0 Å². The van der Waals surface area contributed by atoms with Crippen LogP contribution in [0.1, 0.15) is 27.4 Å². The van der Waals surface area contributed by atoms with E-state index in [0.717, 1.165) is 0 Å². The second kappa shape index (κ2) is 5.20. The maximum absolute atomic E-state index is 10.5. The fraction of sp³-hybridized carbons (Fsp3) is 0.833. The van der Waals surface area contributed by atoms with Gasteiger partial charge in [-0.1, -0.05) is 6.37 Å². The summed E-state index contributed by atoms with van der Waals surface area (Å²) in [7, 11) is 0. The van der Waals surface area contributed by atoms with E-state index in [1.165, 1.54) is 0 Å². The summed E-state index contributed by atoms with van der Waals surface area (Å²) in [4.78, 5) is 10.5. The monoisotopic (exact) mass is 152 g/mol. The highest BCUT2D eigenvalue weighted by atomic mass is 16.4. The van der Waals surface area contributed by atoms with Crippen LogP contribution in [-0.2, 0) is 4.79 Å². The molecular formula is C6H14N2O2. The summed E-state index contributed by atoms with van der Waals surface area (Å²) in [5, 5.41) is 8.51. The highest BCUT2D eigenvalue weighted by molar-refractivity contribution is 5.72. The van der Waals surface area contributed by atoms with Gasteiger partial charge in [0, 0.05) is 8.22 Å². The van der Waals surface area contributed by atoms with Gasteiger partial charge in [-0.25, -0.2) is 0 Å². The van der Waals surface area contributed by atoms with Crippen molar-refractivity contribution in [2.75, 3.05) is 6.52 Å². The third-order valence-electron chi connectivity index (χ3n) is 0.715. The number of carboxylic acids is 1. The van der Waals surface area contributed by atoms with Crippen LogP contribution in [0.2, 0.25) is 0 Å². The fourth-order valence-electron chi connectivity index (χ4n) is 0.257. The summed E-state index contributed by atoms with van der Waals surface area (Å²) < 4.78 is 43.5. The lowest BCUT2D eigenvalue weighted by atomic mass is 10.1. The van der Waals surface area contributed by atoms with Gasteiger partial charge in [-0.2, -0.15) is 0 Å². The lowest BCUT2D eigenvalue weighted by Gasteiger charge is -2.03. The van der Waals surface area contributed by atoms with Crippen molar-refractivity contribution in [3.05, 3.63) is 0 Å². The van der Waals surface area contributed by atoms with Crippen molar-refractivity contribution in [2.24, 2.45) is 11.5 Å². The van der Waals surface area contributed by atoms with Gasteiger partial charge < -0.3 is 16.6 Å². The van der Waals surface area contributed by atoms with Crippen molar-refractivity contribution in [2.45, 2.75) is 25.2 Å². The number of hydrogen-bond donors (Lipinski definition) is 3. The Morgan fingerprint density at radius 1 is 1.70 bits per heavy atom. The third kappa shape index (κ3) is 4.29. The summed E-state index contributed by atoms with van der Waals surface area (Å²) >= 11 is 0. The van der Waals surface area contributed by atoms with Crippen LogP contribution in [0.5, 0.6) is 0 Å². The van der Waals surface area contributed by atoms with Gasteiger partial charge in [0.25, 0.3) is 0 Å². The van der Waals surface area contributed by atoms with Crippen molar-refractivity contribution >= 4 is 5.97 Å². The Balaban J connectivity index is 5.12. The largest absolute Gasteiger partial charge is 0.480 e. The third-order valence-corrected chi connectivity index (χ3v) is 0.715. The van der Waals surface area contributed by atoms with E-state index in [-0.39, 0.29) is 0 Å². The first kappa shape index (κ1) is 3.19. The van der Waals surface area contributed by atoms with Crippen LogP contribution in [0.3, 0.4) is 0 Å². The maximum Gasteiger partial charge on any atom is 0.320 e. The molecule has 0 fully saturated rings. The Bertz CT molecular complexity index is 272. The fourth-order valence-corrected chi connectivity index (χ4v) is 0.257. The van der Waals surface area contributed by atoms with Gasteiger partial charge in [0.2, 0.25) is 0 Å². The summed E-state index contributed by atoms with van der Waals surface area (Å²) in [6.07, 6.45) is -7.87. The number of hydrogen-bond acceptors (Lipinski definition) is 3. The Morgan fingerprint density at radius 2 is 2.30 bits per heavy atom. The molecule has 0 aromatic rings. The van der Waals surface area contributed by atoms with Crippen LogP contribution in [0.25, 0.3) is 0 Å². The molecule has 10 heavy (non-hydrogen) atoms. The lowest BCUT2D eigenvalue weighted by Crippen LogP contribution is -2.29. The Labute approximate surface area is 68.6 Å². The normalized spacial score (nSPS) is 31.0. The van der Waals surface area contributed by atoms with E-state index < -0.39 is 37.7 Å². The van der Waals surface area contributed by atoms with Crippen molar-refractivity contribution in [1.29, 1.82) is 0 Å². The highest BCUT2D eigenvalue weighted by Gasteiger charge is 2.09. The molecule has 0 aliphatic carbocycles. The molecule has 60 valence electrons. The molecule has 0 bridgehead atoms. The van der Waals surface area contributed by atoms with Gasteiger partial charge in [0.05, 0.1) is 0 Å². The zero-order valence-electron chi connectivity index (χ0n) is 11.2. The molecule has 0 unspecified atom stereocenters. The molecule has 0 heterocycles. The van der Waals surface area contributed by atoms with Crippen LogP contribution in [0.4, 0.5) is 0 Å². The van der Waals surface area contributed by atoms with E-state index >= 15 is 0 Å². The van der Waals surface area contributed by atoms with Crippen LogP contribution in [0.15, 0.2) is 0 Å². The number of carboxylic acid groups (broad SMARTS) is 1. The van der Waals surface area contributed by atoms with Crippen LogP contribution < -0.4 is 11.5 Å². The van der Waals surface area contributed by atoms with E-state index in [1.54, 1.807) is 0 Å². The smallest absolute Gasteiger partial charge is 0.320 e. The first-order valence-electron chi connectivity index (χ1n) is 5.70. The highest BCUT2D eigenvalue weighted by Crippen LogP contribution is 1.96. The van der Waals surface area contributed by atoms with Crippen molar-refractivity contribution in [1.82, 2.24) is 0 Å². The molecule has 0 rings (SSSR count). The summed E-state index contributed by atoms with van der Waals surface area (Å²) in [5.74, 6) is -1.61. The van der Waals surface area contributed by atoms with E-state index in [2.05, 4.69) is 0 Å². The Kier molecular flexibility index (Phi) is 1.66. The topological polar surface area (TPSA) is 89.3 Å². The second-order valence-corrected chi connectivity index (χ2v) is 1.49. The maximum atomic E-state index is 10.5. The molecular weight excluding hydrogens is 132 g/mol. The molecule has 0 amide bonds. The molecule has 4 nitrogen and oxygen atoms in total. The number of nitrogens with two attached hydrogens (primary N) is 2. The summed E-state index contributed by atoms with van der Waals surface area (Å²) in [6, 6.07) is -1.89. The SMILES string of the molecule is [2H][C@H]([C@H](N)C(=O)O)C([2H])([2H])C([2H])([2H])[C@@H]([2H])N. The van der Waals surface area contributed by atoms with E-state index in [1.807, 2.05) is 0 Å². The number of aliphatic carboxylic acids is 1. The van der Waals surface area contributed by atoms with Crippen molar-refractivity contribution < 1.29 is 18.1 Å². The van der Waals surface area contributed by atoms with Crippen molar-refractivity contribution in [3.8, 4) is 0 Å². The number of rotatable bonds is 5. The van der Waals surface area contributed by atoms with Gasteiger partial charge in [0.15, 0.2) is 0 Å². The minimum atomic E-state index is -2.94. The van der Waals surface area contributed by atoms with E-state index in [9.17, 15) is 4.79 Å². The molecule has 0 saturated carbocycles. The minimum absolute atomic E-state index is 1.61. The Hall–Kier alpha value is -0.610. The van der Waals surface area contributed by atoms with Gasteiger partial charge in [-0.15, -0.1) is 0 Å². The van der Waals surface area contributed by atoms with E-state index in [4.69, 9.17) is 24.8 Å². The summed E-state index contributed by atoms with van der Waals surface area (Å²) in [6.45, 7) is -1.93. The van der Waals surface area contributed by atoms with Gasteiger partial charge in [0.1, 0.15) is 6.04 Å². The van der Waals surface area contributed by atoms with Gasteiger partial charge in [-0.05, 0) is 19.3 Å². The average molecular weight is 152 g/mol. The molecule has 0 aliphatic heterocycles. The first-order valence-corrected chi connectivity index (χ1v) is 2.54. The van der Waals surface area contributed by atoms with Gasteiger partial charge >= 0.3 is 5.97 Å². The predicted octanol–water partition coefficient (Wildman–Crippen LogP) is -0.473. The molecule has 0 radical (unpaired) electrons. The molecule has 3 atom stereocenters. The molecule has 0 aromatic carbocycles. The lowest BCUT2D eigenvalue weighted by molar-refractivity contribution is -0.138. The first-order chi connectivity index (χ1) is 6.96. The predicted molar refractivity (Wildman–Crippen MR) is 38.5 cm³/mol. The van der Waals surface area contributed by atoms with Crippen LogP contribution in [-0.4, -0.2) is 23.6 Å². The molecule has 0 saturated heterocycles. The van der Waals surface area contributed by atoms with Crippen LogP contribution >= 0.6 is 0 Å². The second-order valence-electron chi connectivity index (χ2n) is 1.49. The summed E-state index contributed by atoms with van der Waals surface area (Å²) in [5.41, 5.74) is 10.00. The molecule has 0 spiro atoms. The average Bonchev–Trinajstić information content (AvgIpc) is 2.14. The van der Waals surface area contributed by atoms with Crippen molar-refractivity contribution in [3.63, 3.8) is 0 Å². The molecule has 0 aliphatic rings. The van der Waals surface area contributed by atoms with Crippen LogP contribution in [0, 0.1) is 0 Å². The molecule has 5 N–H and O–H groups in total.